The van der Waals surface area contributed by atoms with Crippen LogP contribution in [0.15, 0.2) is 11.1 Å². The summed E-state index contributed by atoms with van der Waals surface area (Å²) in [5.41, 5.74) is 4.40. The number of halogens is 3. The summed E-state index contributed by atoms with van der Waals surface area (Å²) >= 11 is 5.25. The van der Waals surface area contributed by atoms with Gasteiger partial charge in [0.05, 0.1) is 19.5 Å². The number of alkyl halides is 3. The average molecular weight is 611 g/mol. The Morgan fingerprint density at radius 1 is 1.29 bits per heavy atom. The third-order valence-electron chi connectivity index (χ3n) is 5.19. The van der Waals surface area contributed by atoms with E-state index in [2.05, 4.69) is 29.3 Å². The summed E-state index contributed by atoms with van der Waals surface area (Å²) in [5.74, 6) is -1.27. The van der Waals surface area contributed by atoms with Crippen LogP contribution >= 0.6 is 26.8 Å². The quantitative estimate of drug-likeness (QED) is 0.0865. The van der Waals surface area contributed by atoms with Crippen LogP contribution in [-0.2, 0) is 27.7 Å². The minimum atomic E-state index is -6.25. The maximum absolute atomic E-state index is 14.5. The van der Waals surface area contributed by atoms with Crippen molar-refractivity contribution in [1.82, 2.24) is 24.8 Å². The summed E-state index contributed by atoms with van der Waals surface area (Å²) in [5, 5.41) is 17.6. The molecule has 8 N–H and O–H groups in total. The number of aliphatic hydroxyl groups is 2. The summed E-state index contributed by atoms with van der Waals surface area (Å²) < 4.78 is 68.1. The summed E-state index contributed by atoms with van der Waals surface area (Å²) in [7, 11) is -12.3. The molecule has 38 heavy (non-hydrogen) atoms. The number of rotatable bonds is 12. The molecule has 22 heteroatoms. The van der Waals surface area contributed by atoms with Crippen molar-refractivity contribution in [3.63, 3.8) is 0 Å². The van der Waals surface area contributed by atoms with Crippen molar-refractivity contribution in [3.05, 3.63) is 16.7 Å². The number of imidazole rings is 1. The average Bonchev–Trinajstić information content (AvgIpc) is 3.38. The third kappa shape index (κ3) is 6.07. The van der Waals surface area contributed by atoms with Crippen LogP contribution in [-0.4, -0.2) is 94.8 Å². The van der Waals surface area contributed by atoms with Gasteiger partial charge in [0, 0.05) is 6.54 Å². The van der Waals surface area contributed by atoms with Gasteiger partial charge >= 0.3 is 20.6 Å². The Morgan fingerprint density at radius 2 is 1.95 bits per heavy atom. The van der Waals surface area contributed by atoms with Gasteiger partial charge in [-0.2, -0.15) is 13.8 Å². The second-order valence-electron chi connectivity index (χ2n) is 7.84. The third-order valence-corrected chi connectivity index (χ3v) is 9.34. The molecule has 1 aliphatic rings. The van der Waals surface area contributed by atoms with Gasteiger partial charge in [-0.25, -0.2) is 4.98 Å². The van der Waals surface area contributed by atoms with Crippen molar-refractivity contribution >= 4 is 49.8 Å². The van der Waals surface area contributed by atoms with E-state index in [4.69, 9.17) is 22.1 Å². The predicted octanol–water partition coefficient (Wildman–Crippen LogP) is -0.980. The summed E-state index contributed by atoms with van der Waals surface area (Å²) in [6.07, 6.45) is -6.06. The number of nitrogens with zero attached hydrogens (tertiary/aromatic N) is 3. The molecule has 2 aromatic heterocycles. The lowest BCUT2D eigenvalue weighted by Gasteiger charge is -2.26. The van der Waals surface area contributed by atoms with Crippen LogP contribution in [0.5, 0.6) is 0 Å². The molecule has 6 unspecified atom stereocenters. The lowest BCUT2D eigenvalue weighted by Crippen LogP contribution is -2.34. The molecule has 0 spiro atoms. The number of nitrogens with two attached hydrogens (primary N) is 1. The van der Waals surface area contributed by atoms with E-state index >= 15 is 0 Å². The predicted molar refractivity (Wildman–Crippen MR) is 123 cm³/mol. The Bertz CT molecular complexity index is 1330. The summed E-state index contributed by atoms with van der Waals surface area (Å²) in [6.45, 7) is -2.19. The molecule has 17 nitrogen and oxygen atoms in total. The number of anilines is 1. The first-order valence-corrected chi connectivity index (χ1v) is 14.2. The molecule has 3 rings (SSSR count). The highest BCUT2D eigenvalue weighted by Gasteiger charge is 2.66. The Labute approximate surface area is 215 Å². The van der Waals surface area contributed by atoms with E-state index in [1.807, 2.05) is 0 Å². The van der Waals surface area contributed by atoms with Crippen molar-refractivity contribution < 1.29 is 56.5 Å². The molecule has 1 aliphatic heterocycles. The van der Waals surface area contributed by atoms with E-state index in [0.717, 1.165) is 10.9 Å². The number of hydrogen-bond acceptors (Lipinski definition) is 12. The number of ether oxygens (including phenoxy) is 1. The number of aromatic nitrogens is 4. The standard InChI is InChI=1S/C16H23ClF2N6O11P2/c17-4-8(26)21-2-1-3-34-37(30,31)16(18,19)38(32,33)35-5-7-10(27)11(28)14(36-7)25-6-22-9-12(25)23-15(20)24-13(9)29/h6-7,10-11,14,27-28H,1-5H2,(H,21,26)(H,30,31)(H,32,33)(H3,20,23,24,29). The molecule has 3 heterocycles. The molecule has 6 atom stereocenters. The van der Waals surface area contributed by atoms with Gasteiger partial charge in [0.1, 0.15) is 24.2 Å². The number of aromatic amines is 1. The zero-order valence-electron chi connectivity index (χ0n) is 19.0. The minimum absolute atomic E-state index is 0.145. The van der Waals surface area contributed by atoms with E-state index in [-0.39, 0.29) is 36.0 Å². The molecule has 1 saturated heterocycles. The Kier molecular flexibility index (Phi) is 9.30. The normalized spacial score (nSPS) is 25.2. The monoisotopic (exact) mass is 610 g/mol. The molecular weight excluding hydrogens is 588 g/mol. The van der Waals surface area contributed by atoms with Gasteiger partial charge in [-0.15, -0.1) is 11.6 Å². The summed E-state index contributed by atoms with van der Waals surface area (Å²) in [4.78, 5) is 52.2. The lowest BCUT2D eigenvalue weighted by molar-refractivity contribution is -0.118. The Morgan fingerprint density at radius 3 is 2.61 bits per heavy atom. The van der Waals surface area contributed by atoms with Gasteiger partial charge in [0.25, 0.3) is 5.56 Å². The number of hydrogen-bond donors (Lipinski definition) is 7. The molecule has 0 bridgehead atoms. The number of aliphatic hydroxyl groups excluding tert-OH is 2. The highest BCUT2D eigenvalue weighted by Crippen LogP contribution is 2.75. The highest BCUT2D eigenvalue weighted by atomic mass is 35.5. The van der Waals surface area contributed by atoms with Gasteiger partial charge in [0.15, 0.2) is 17.4 Å². The Balaban J connectivity index is 1.65. The maximum atomic E-state index is 14.5. The SMILES string of the molecule is Nc1nc2c(ncn2C2OC(COP(=O)(O)C(F)(F)P(=O)(O)OCCCNC(=O)CCl)C(O)C2O)c(=O)[nH]1. The number of carbonyl (C=O) groups excluding carboxylic acids is 1. The number of nitrogen functional groups attached to an aromatic ring is 1. The molecule has 1 amide bonds. The minimum Gasteiger partial charge on any atom is -0.387 e. The van der Waals surface area contributed by atoms with Crippen molar-refractivity contribution in [2.24, 2.45) is 0 Å². The smallest absolute Gasteiger partial charge is 0.387 e. The fraction of sp³-hybridized carbons (Fsp3) is 0.625. The zero-order chi connectivity index (χ0) is 28.5. The largest absolute Gasteiger partial charge is 0.443 e. The fourth-order valence-electron chi connectivity index (χ4n) is 3.25. The van der Waals surface area contributed by atoms with Crippen LogP contribution in [0.4, 0.5) is 14.7 Å². The van der Waals surface area contributed by atoms with Crippen molar-refractivity contribution in [2.75, 3.05) is 31.4 Å². The molecule has 214 valence electrons. The first-order valence-electron chi connectivity index (χ1n) is 10.5. The fourth-order valence-corrected chi connectivity index (χ4v) is 6.01. The van der Waals surface area contributed by atoms with Gasteiger partial charge < -0.3 is 44.8 Å². The van der Waals surface area contributed by atoms with E-state index < -0.39 is 69.8 Å². The van der Waals surface area contributed by atoms with Gasteiger partial charge in [-0.3, -0.25) is 28.3 Å². The van der Waals surface area contributed by atoms with Crippen LogP contribution < -0.4 is 16.6 Å². The first kappa shape index (κ1) is 30.5. The molecule has 0 aliphatic carbocycles. The maximum Gasteiger partial charge on any atom is 0.443 e. The van der Waals surface area contributed by atoms with Crippen LogP contribution in [0.3, 0.4) is 0 Å². The van der Waals surface area contributed by atoms with E-state index in [1.54, 1.807) is 0 Å². The highest BCUT2D eigenvalue weighted by molar-refractivity contribution is 7.72. The van der Waals surface area contributed by atoms with E-state index in [9.17, 15) is 47.5 Å². The van der Waals surface area contributed by atoms with Gasteiger partial charge in [-0.1, -0.05) is 0 Å². The van der Waals surface area contributed by atoms with Crippen LogP contribution in [0, 0.1) is 0 Å². The van der Waals surface area contributed by atoms with Crippen LogP contribution in [0.2, 0.25) is 0 Å². The van der Waals surface area contributed by atoms with Gasteiger partial charge in [-0.05, 0) is 6.42 Å². The number of fused-ring (bicyclic) bond motifs is 1. The second-order valence-corrected chi connectivity index (χ2v) is 12.2. The molecule has 0 radical (unpaired) electrons. The van der Waals surface area contributed by atoms with E-state index in [1.165, 1.54) is 0 Å². The van der Waals surface area contributed by atoms with Gasteiger partial charge in [0.2, 0.25) is 11.9 Å². The number of amides is 1. The number of nitrogens with one attached hydrogen (secondary N) is 2. The van der Waals surface area contributed by atoms with Crippen LogP contribution in [0.1, 0.15) is 12.6 Å². The second kappa shape index (κ2) is 11.6. The van der Waals surface area contributed by atoms with Crippen molar-refractivity contribution in [2.45, 2.75) is 36.4 Å². The van der Waals surface area contributed by atoms with E-state index in [0.29, 0.717) is 0 Å². The van der Waals surface area contributed by atoms with Crippen molar-refractivity contribution in [1.29, 1.82) is 0 Å². The molecular formula is C16H23ClF2N6O11P2. The molecule has 0 aromatic carbocycles. The number of H-pyrrole nitrogens is 1. The number of carbonyl (C=O) groups is 1. The summed E-state index contributed by atoms with van der Waals surface area (Å²) in [6, 6.07) is 0. The molecule has 1 fully saturated rings. The zero-order valence-corrected chi connectivity index (χ0v) is 21.6. The molecule has 0 saturated carbocycles. The molecule has 2 aromatic rings. The lowest BCUT2D eigenvalue weighted by atomic mass is 10.1. The van der Waals surface area contributed by atoms with Crippen molar-refractivity contribution in [3.8, 4) is 0 Å². The van der Waals surface area contributed by atoms with Crippen LogP contribution in [0.25, 0.3) is 11.2 Å². The Hall–Kier alpha value is -2.05. The first-order chi connectivity index (χ1) is 17.6. The topological polar surface area (TPSA) is 261 Å².